The van der Waals surface area contributed by atoms with E-state index in [1.807, 2.05) is 0 Å². The summed E-state index contributed by atoms with van der Waals surface area (Å²) < 4.78 is 0. The quantitative estimate of drug-likeness (QED) is 0.441. The Morgan fingerprint density at radius 1 is 1.67 bits per heavy atom. The molecule has 2 atom stereocenters. The van der Waals surface area contributed by atoms with Crippen LogP contribution in [0.15, 0.2) is 12.7 Å². The zero-order chi connectivity index (χ0) is 9.56. The molecule has 0 amide bonds. The highest BCUT2D eigenvalue weighted by molar-refractivity contribution is 5.73. The minimum atomic E-state index is -1.08. The van der Waals surface area contributed by atoms with E-state index >= 15 is 0 Å². The summed E-state index contributed by atoms with van der Waals surface area (Å²) in [4.78, 5) is 20.6. The van der Waals surface area contributed by atoms with Gasteiger partial charge in [0.15, 0.2) is 0 Å². The van der Waals surface area contributed by atoms with Gasteiger partial charge in [-0.25, -0.2) is 0 Å². The predicted octanol–water partition coefficient (Wildman–Crippen LogP) is 0.180. The number of hydrogen-bond donors (Lipinski definition) is 2. The van der Waals surface area contributed by atoms with Gasteiger partial charge in [0.1, 0.15) is 12.3 Å². The first kappa shape index (κ1) is 10.8. The Kier molecular flexibility index (Phi) is 4.96. The molecule has 0 aromatic heterocycles. The molecule has 0 bridgehead atoms. The maximum Gasteiger partial charge on any atom is 0.320 e. The Morgan fingerprint density at radius 3 is 2.58 bits per heavy atom. The number of allylic oxidation sites excluding steroid dienone is 1. The lowest BCUT2D eigenvalue weighted by molar-refractivity contribution is -0.139. The minimum absolute atomic E-state index is 0.171. The molecule has 0 saturated carbocycles. The monoisotopic (exact) mass is 171 g/mol. The summed E-state index contributed by atoms with van der Waals surface area (Å²) in [7, 11) is 0. The average Bonchev–Trinajstić information content (AvgIpc) is 2.03. The first-order chi connectivity index (χ1) is 5.61. The van der Waals surface area contributed by atoms with Crippen LogP contribution in [-0.4, -0.2) is 23.4 Å². The second kappa shape index (κ2) is 5.49. The van der Waals surface area contributed by atoms with E-state index in [1.54, 1.807) is 6.08 Å². The van der Waals surface area contributed by atoms with Crippen molar-refractivity contribution < 1.29 is 14.7 Å². The number of hydrogen-bond acceptors (Lipinski definition) is 3. The Labute approximate surface area is 71.1 Å². The fourth-order valence-electron chi connectivity index (χ4n) is 0.848. The molecule has 0 unspecified atom stereocenters. The Morgan fingerprint density at radius 2 is 2.25 bits per heavy atom. The third-order valence-electron chi connectivity index (χ3n) is 1.54. The molecule has 0 fully saturated rings. The summed E-state index contributed by atoms with van der Waals surface area (Å²) in [6.07, 6.45) is 2.94. The first-order valence-corrected chi connectivity index (χ1v) is 3.66. The predicted molar refractivity (Wildman–Crippen MR) is 44.6 cm³/mol. The van der Waals surface area contributed by atoms with Crippen LogP contribution in [0.1, 0.15) is 12.8 Å². The van der Waals surface area contributed by atoms with E-state index in [0.29, 0.717) is 12.7 Å². The van der Waals surface area contributed by atoms with Gasteiger partial charge in [0.05, 0.1) is 0 Å². The number of aliphatic carboxylic acids is 1. The van der Waals surface area contributed by atoms with Crippen molar-refractivity contribution in [3.05, 3.63) is 12.7 Å². The van der Waals surface area contributed by atoms with Crippen LogP contribution in [0.2, 0.25) is 0 Å². The van der Waals surface area contributed by atoms with Gasteiger partial charge in [0.25, 0.3) is 0 Å². The fourth-order valence-corrected chi connectivity index (χ4v) is 0.848. The highest BCUT2D eigenvalue weighted by Gasteiger charge is 2.16. The van der Waals surface area contributed by atoms with Crippen molar-refractivity contribution in [2.75, 3.05) is 0 Å². The molecular formula is C8H13NO3. The Bertz CT molecular complexity index is 179. The summed E-state index contributed by atoms with van der Waals surface area (Å²) in [5.41, 5.74) is 5.23. The molecule has 0 radical (unpaired) electrons. The van der Waals surface area contributed by atoms with E-state index in [4.69, 9.17) is 10.8 Å². The summed E-state index contributed by atoms with van der Waals surface area (Å²) in [5.74, 6) is -1.40. The van der Waals surface area contributed by atoms with Crippen molar-refractivity contribution in [2.24, 2.45) is 11.7 Å². The van der Waals surface area contributed by atoms with Crippen molar-refractivity contribution >= 4 is 12.3 Å². The second-order valence-corrected chi connectivity index (χ2v) is 2.60. The van der Waals surface area contributed by atoms with Crippen molar-refractivity contribution in [1.29, 1.82) is 0 Å². The summed E-state index contributed by atoms with van der Waals surface area (Å²) in [5, 5.41) is 8.43. The number of nitrogens with two attached hydrogens (primary N) is 1. The molecule has 0 aromatic carbocycles. The van der Waals surface area contributed by atoms with Crippen LogP contribution in [0.5, 0.6) is 0 Å². The van der Waals surface area contributed by atoms with Crippen LogP contribution < -0.4 is 5.73 Å². The molecule has 3 N–H and O–H groups in total. The summed E-state index contributed by atoms with van der Waals surface area (Å²) in [6, 6.07) is -0.958. The van der Waals surface area contributed by atoms with E-state index in [-0.39, 0.29) is 12.3 Å². The molecule has 4 heteroatoms. The van der Waals surface area contributed by atoms with Crippen LogP contribution in [0.25, 0.3) is 0 Å². The number of carboxylic acids is 1. The van der Waals surface area contributed by atoms with Gasteiger partial charge in [-0.2, -0.15) is 0 Å². The lowest BCUT2D eigenvalue weighted by Gasteiger charge is -2.10. The van der Waals surface area contributed by atoms with Crippen LogP contribution in [-0.2, 0) is 9.59 Å². The van der Waals surface area contributed by atoms with Crippen molar-refractivity contribution in [3.63, 3.8) is 0 Å². The molecule has 0 spiro atoms. The molecule has 0 aliphatic heterocycles. The number of carbonyl (C=O) groups is 2. The maximum absolute atomic E-state index is 10.4. The topological polar surface area (TPSA) is 80.4 Å². The van der Waals surface area contributed by atoms with Crippen LogP contribution in [0, 0.1) is 5.92 Å². The van der Waals surface area contributed by atoms with Gasteiger partial charge in [0, 0.05) is 5.92 Å². The van der Waals surface area contributed by atoms with Gasteiger partial charge in [-0.15, -0.1) is 6.58 Å². The van der Waals surface area contributed by atoms with Gasteiger partial charge in [-0.1, -0.05) is 6.08 Å². The van der Waals surface area contributed by atoms with Crippen LogP contribution in [0.4, 0.5) is 0 Å². The first-order valence-electron chi connectivity index (χ1n) is 3.66. The molecule has 0 saturated heterocycles. The maximum atomic E-state index is 10.4. The van der Waals surface area contributed by atoms with Gasteiger partial charge in [0.2, 0.25) is 0 Å². The number of carboxylic acid groups (broad SMARTS) is 1. The number of rotatable bonds is 6. The number of carbonyl (C=O) groups excluding carboxylic acids is 1. The highest BCUT2D eigenvalue weighted by atomic mass is 16.4. The van der Waals surface area contributed by atoms with Gasteiger partial charge < -0.3 is 15.6 Å². The molecular weight excluding hydrogens is 158 g/mol. The molecule has 0 aliphatic carbocycles. The zero-order valence-electron chi connectivity index (χ0n) is 6.77. The SMILES string of the molecule is C=CC[C@@H](C=O)C[C@H](N)C(=O)O. The third kappa shape index (κ3) is 3.88. The minimum Gasteiger partial charge on any atom is -0.480 e. The highest BCUT2D eigenvalue weighted by Crippen LogP contribution is 2.07. The van der Waals surface area contributed by atoms with E-state index in [1.165, 1.54) is 0 Å². The van der Waals surface area contributed by atoms with E-state index < -0.39 is 12.0 Å². The second-order valence-electron chi connectivity index (χ2n) is 2.60. The van der Waals surface area contributed by atoms with E-state index in [2.05, 4.69) is 6.58 Å². The smallest absolute Gasteiger partial charge is 0.320 e. The lowest BCUT2D eigenvalue weighted by Crippen LogP contribution is -2.32. The molecule has 0 aliphatic rings. The molecule has 4 nitrogen and oxygen atoms in total. The van der Waals surface area contributed by atoms with Gasteiger partial charge in [-0.05, 0) is 12.8 Å². The van der Waals surface area contributed by atoms with Crippen molar-refractivity contribution in [3.8, 4) is 0 Å². The number of aldehydes is 1. The summed E-state index contributed by atoms with van der Waals surface area (Å²) >= 11 is 0. The zero-order valence-corrected chi connectivity index (χ0v) is 6.77. The Balaban J connectivity index is 3.92. The molecule has 0 heterocycles. The van der Waals surface area contributed by atoms with Gasteiger partial charge >= 0.3 is 5.97 Å². The standard InChI is InChI=1S/C8H13NO3/c1-2-3-6(5-10)4-7(9)8(11)12/h2,5-7H,1,3-4,9H2,(H,11,12)/t6-,7+/m1/s1. The van der Waals surface area contributed by atoms with Crippen LogP contribution in [0.3, 0.4) is 0 Å². The molecule has 68 valence electrons. The molecule has 12 heavy (non-hydrogen) atoms. The summed E-state index contributed by atoms with van der Waals surface area (Å²) in [6.45, 7) is 3.45. The van der Waals surface area contributed by atoms with Crippen LogP contribution >= 0.6 is 0 Å². The third-order valence-corrected chi connectivity index (χ3v) is 1.54. The van der Waals surface area contributed by atoms with Gasteiger partial charge in [-0.3, -0.25) is 4.79 Å². The molecule has 0 rings (SSSR count). The Hall–Kier alpha value is -1.16. The van der Waals surface area contributed by atoms with E-state index in [9.17, 15) is 9.59 Å². The van der Waals surface area contributed by atoms with Crippen molar-refractivity contribution in [1.82, 2.24) is 0 Å². The van der Waals surface area contributed by atoms with E-state index in [0.717, 1.165) is 0 Å². The fraction of sp³-hybridized carbons (Fsp3) is 0.500. The largest absolute Gasteiger partial charge is 0.480 e. The molecule has 0 aromatic rings. The van der Waals surface area contributed by atoms with Crippen molar-refractivity contribution in [2.45, 2.75) is 18.9 Å². The normalized spacial score (nSPS) is 14.8. The average molecular weight is 171 g/mol. The lowest BCUT2D eigenvalue weighted by atomic mass is 9.99.